The Balaban J connectivity index is 1.54. The van der Waals surface area contributed by atoms with E-state index in [9.17, 15) is 9.50 Å². The topological polar surface area (TPSA) is 50.9 Å². The molecule has 2 aromatic heterocycles. The van der Waals surface area contributed by atoms with Gasteiger partial charge in [-0.1, -0.05) is 0 Å². The highest BCUT2D eigenvalue weighted by molar-refractivity contribution is 5.68. The lowest BCUT2D eigenvalue weighted by molar-refractivity contribution is 0.0253. The van der Waals surface area contributed by atoms with Crippen molar-refractivity contribution >= 4 is 0 Å². The lowest BCUT2D eigenvalue weighted by atomic mass is 9.80. The molecule has 0 bridgehead atoms. The van der Waals surface area contributed by atoms with Crippen LogP contribution >= 0.6 is 0 Å². The summed E-state index contributed by atoms with van der Waals surface area (Å²) in [6.07, 6.45) is 10.4. The zero-order valence-corrected chi connectivity index (χ0v) is 12.5. The van der Waals surface area contributed by atoms with Crippen molar-refractivity contribution in [1.29, 1.82) is 0 Å². The maximum atomic E-state index is 14.9. The molecular formula is C17H20FN3O. The van der Waals surface area contributed by atoms with E-state index >= 15 is 0 Å². The summed E-state index contributed by atoms with van der Waals surface area (Å²) in [5, 5.41) is 9.57. The van der Waals surface area contributed by atoms with Crippen molar-refractivity contribution in [2.75, 3.05) is 0 Å². The highest BCUT2D eigenvalue weighted by Crippen LogP contribution is 2.44. The van der Waals surface area contributed by atoms with Crippen molar-refractivity contribution in [2.45, 2.75) is 56.3 Å². The van der Waals surface area contributed by atoms with Gasteiger partial charge in [0.15, 0.2) is 0 Å². The van der Waals surface area contributed by atoms with Crippen LogP contribution in [0, 0.1) is 0 Å². The van der Waals surface area contributed by atoms with Gasteiger partial charge in [0, 0.05) is 23.5 Å². The molecule has 0 saturated heterocycles. The highest BCUT2D eigenvalue weighted by atomic mass is 19.1. The fourth-order valence-corrected chi connectivity index (χ4v) is 3.88. The lowest BCUT2D eigenvalue weighted by Crippen LogP contribution is -2.32. The first-order valence-electron chi connectivity index (χ1n) is 7.99. The largest absolute Gasteiger partial charge is 0.393 e. The van der Waals surface area contributed by atoms with E-state index in [0.717, 1.165) is 17.7 Å². The Morgan fingerprint density at radius 1 is 1.27 bits per heavy atom. The van der Waals surface area contributed by atoms with Crippen molar-refractivity contribution < 1.29 is 9.50 Å². The number of nitrogens with zero attached hydrogens (tertiary/aromatic N) is 3. The van der Waals surface area contributed by atoms with Crippen LogP contribution in [0.3, 0.4) is 0 Å². The summed E-state index contributed by atoms with van der Waals surface area (Å²) in [5.41, 5.74) is 2.28. The lowest BCUT2D eigenvalue weighted by Gasteiger charge is -2.33. The summed E-state index contributed by atoms with van der Waals surface area (Å²) in [6.45, 7) is 0. The third-order valence-electron chi connectivity index (χ3n) is 5.21. The number of aliphatic hydroxyl groups is 1. The van der Waals surface area contributed by atoms with Crippen LogP contribution in [0.25, 0.3) is 11.3 Å². The molecule has 2 aliphatic rings. The first-order valence-corrected chi connectivity index (χ1v) is 7.99. The Kier molecular flexibility index (Phi) is 3.26. The fourth-order valence-electron chi connectivity index (χ4n) is 3.88. The van der Waals surface area contributed by atoms with E-state index in [1.807, 2.05) is 24.8 Å². The summed E-state index contributed by atoms with van der Waals surface area (Å²) in [7, 11) is 0. The molecule has 0 radical (unpaired) electrons. The Bertz CT molecular complexity index is 676. The van der Waals surface area contributed by atoms with Gasteiger partial charge in [0.05, 0.1) is 30.4 Å². The highest BCUT2D eigenvalue weighted by Gasteiger charge is 2.37. The molecule has 5 heteroatoms. The van der Waals surface area contributed by atoms with E-state index in [1.54, 1.807) is 6.20 Å². The predicted molar refractivity (Wildman–Crippen MR) is 81.1 cm³/mol. The van der Waals surface area contributed by atoms with Crippen LogP contribution in [0.5, 0.6) is 0 Å². The monoisotopic (exact) mass is 301 g/mol. The van der Waals surface area contributed by atoms with Crippen LogP contribution in [0.4, 0.5) is 4.39 Å². The minimum atomic E-state index is -1.13. The molecule has 22 heavy (non-hydrogen) atoms. The molecular weight excluding hydrogens is 281 g/mol. The molecule has 4 nitrogen and oxygen atoms in total. The second kappa shape index (κ2) is 5.16. The van der Waals surface area contributed by atoms with Gasteiger partial charge < -0.3 is 9.67 Å². The molecule has 1 unspecified atom stereocenters. The molecule has 1 N–H and O–H groups in total. The number of aliphatic hydroxyl groups excluding tert-OH is 1. The summed E-state index contributed by atoms with van der Waals surface area (Å²) < 4.78 is 17.1. The minimum absolute atomic E-state index is 0.126. The molecule has 1 saturated carbocycles. The number of alkyl halides is 1. The number of hydrogen-bond donors (Lipinski definition) is 1. The SMILES string of the molecule is OC1CCC(F)(CCC2c3cnccc3-c3cncn32)CC1. The van der Waals surface area contributed by atoms with Crippen molar-refractivity contribution in [3.63, 3.8) is 0 Å². The first-order chi connectivity index (χ1) is 10.7. The summed E-state index contributed by atoms with van der Waals surface area (Å²) in [5.74, 6) is 0. The van der Waals surface area contributed by atoms with Gasteiger partial charge in [-0.2, -0.15) is 0 Å². The molecule has 1 aliphatic carbocycles. The first kappa shape index (κ1) is 13.9. The minimum Gasteiger partial charge on any atom is -0.393 e. The second-order valence-electron chi connectivity index (χ2n) is 6.59. The Morgan fingerprint density at radius 3 is 2.91 bits per heavy atom. The van der Waals surface area contributed by atoms with Crippen LogP contribution in [0.2, 0.25) is 0 Å². The zero-order valence-electron chi connectivity index (χ0n) is 12.5. The molecule has 0 amide bonds. The average molecular weight is 301 g/mol. The maximum absolute atomic E-state index is 14.9. The van der Waals surface area contributed by atoms with E-state index in [4.69, 9.17) is 0 Å². The molecule has 0 spiro atoms. The molecule has 116 valence electrons. The third-order valence-corrected chi connectivity index (χ3v) is 5.21. The van der Waals surface area contributed by atoms with Crippen molar-refractivity contribution in [2.24, 2.45) is 0 Å². The van der Waals surface area contributed by atoms with Crippen molar-refractivity contribution in [1.82, 2.24) is 14.5 Å². The number of fused-ring (bicyclic) bond motifs is 3. The van der Waals surface area contributed by atoms with Gasteiger partial charge in [-0.3, -0.25) is 4.98 Å². The number of aromatic nitrogens is 3. The fraction of sp³-hybridized carbons (Fsp3) is 0.529. The Morgan fingerprint density at radius 2 is 2.09 bits per heavy atom. The number of rotatable bonds is 3. The average Bonchev–Trinajstić information content (AvgIpc) is 3.10. The van der Waals surface area contributed by atoms with E-state index < -0.39 is 5.67 Å². The van der Waals surface area contributed by atoms with Gasteiger partial charge in [-0.05, 0) is 44.6 Å². The molecule has 1 atom stereocenters. The normalized spacial score (nSPS) is 30.1. The molecule has 2 aromatic rings. The number of halogens is 1. The second-order valence-corrected chi connectivity index (χ2v) is 6.59. The molecule has 3 heterocycles. The van der Waals surface area contributed by atoms with Gasteiger partial charge >= 0.3 is 0 Å². The van der Waals surface area contributed by atoms with Crippen LogP contribution < -0.4 is 0 Å². The predicted octanol–water partition coefficient (Wildman–Crippen LogP) is 3.27. The van der Waals surface area contributed by atoms with Gasteiger partial charge in [0.2, 0.25) is 0 Å². The smallest absolute Gasteiger partial charge is 0.111 e. The Hall–Kier alpha value is -1.75. The molecule has 1 aliphatic heterocycles. The van der Waals surface area contributed by atoms with Gasteiger partial charge in [-0.25, -0.2) is 9.37 Å². The number of pyridine rings is 1. The maximum Gasteiger partial charge on any atom is 0.111 e. The van der Waals surface area contributed by atoms with Crippen LogP contribution in [-0.2, 0) is 0 Å². The number of imidazole rings is 1. The zero-order chi connectivity index (χ0) is 15.2. The van der Waals surface area contributed by atoms with Crippen molar-refractivity contribution in [3.8, 4) is 11.3 Å². The van der Waals surface area contributed by atoms with Crippen LogP contribution in [-0.4, -0.2) is 31.4 Å². The van der Waals surface area contributed by atoms with Gasteiger partial charge in [-0.15, -0.1) is 0 Å². The third kappa shape index (κ3) is 2.24. The van der Waals surface area contributed by atoms with E-state index in [2.05, 4.69) is 14.5 Å². The van der Waals surface area contributed by atoms with Crippen LogP contribution in [0.1, 0.15) is 50.1 Å². The molecule has 1 fully saturated rings. The quantitative estimate of drug-likeness (QED) is 0.946. The van der Waals surface area contributed by atoms with E-state index in [-0.39, 0.29) is 12.1 Å². The van der Waals surface area contributed by atoms with Crippen molar-refractivity contribution in [3.05, 3.63) is 36.5 Å². The van der Waals surface area contributed by atoms with Gasteiger partial charge in [0.25, 0.3) is 0 Å². The summed E-state index contributed by atoms with van der Waals surface area (Å²) in [6, 6.07) is 2.13. The molecule has 4 rings (SSSR count). The summed E-state index contributed by atoms with van der Waals surface area (Å²) >= 11 is 0. The standard InChI is InChI=1S/C17H20FN3O/c18-17(5-1-12(22)2-6-17)7-3-15-14-9-19-8-4-13(14)16-10-20-11-21(15)16/h4,8-12,15,22H,1-3,5-7H2. The van der Waals surface area contributed by atoms with Crippen LogP contribution in [0.15, 0.2) is 31.0 Å². The molecule has 0 aromatic carbocycles. The Labute approximate surface area is 129 Å². The van der Waals surface area contributed by atoms with E-state index in [1.165, 1.54) is 5.56 Å². The van der Waals surface area contributed by atoms with Gasteiger partial charge in [0.1, 0.15) is 5.67 Å². The summed E-state index contributed by atoms with van der Waals surface area (Å²) in [4.78, 5) is 8.46. The van der Waals surface area contributed by atoms with E-state index in [0.29, 0.717) is 32.1 Å². The number of hydrogen-bond acceptors (Lipinski definition) is 3.